The van der Waals surface area contributed by atoms with E-state index in [0.717, 1.165) is 16.0 Å². The summed E-state index contributed by atoms with van der Waals surface area (Å²) in [5, 5.41) is 17.2. The highest BCUT2D eigenvalue weighted by atomic mass is 32.1. The van der Waals surface area contributed by atoms with Crippen molar-refractivity contribution in [2.45, 2.75) is 52.6 Å². The van der Waals surface area contributed by atoms with Gasteiger partial charge in [-0.05, 0) is 11.8 Å². The zero-order valence-corrected chi connectivity index (χ0v) is 13.1. The second kappa shape index (κ2) is 5.45. The fourth-order valence-electron chi connectivity index (χ4n) is 1.80. The lowest BCUT2D eigenvalue weighted by molar-refractivity contribution is 0.589. The van der Waals surface area contributed by atoms with Crippen molar-refractivity contribution in [2.24, 2.45) is 10.4 Å². The van der Waals surface area contributed by atoms with Gasteiger partial charge >= 0.3 is 0 Å². The number of nitrogens with one attached hydrogen (secondary N) is 2. The predicted molar refractivity (Wildman–Crippen MR) is 79.5 cm³/mol. The van der Waals surface area contributed by atoms with Crippen LogP contribution in [0, 0.1) is 5.41 Å². The molecule has 1 atom stereocenters. The summed E-state index contributed by atoms with van der Waals surface area (Å²) >= 11 is 1.66. The molecule has 1 aliphatic rings. The summed E-state index contributed by atoms with van der Waals surface area (Å²) in [7, 11) is 1.80. The molecule has 1 heterocycles. The largest absolute Gasteiger partial charge is 0.353 e. The van der Waals surface area contributed by atoms with Gasteiger partial charge in [0.2, 0.25) is 0 Å². The summed E-state index contributed by atoms with van der Waals surface area (Å²) in [4.78, 5) is 4.24. The molecule has 5 nitrogen and oxygen atoms in total. The van der Waals surface area contributed by atoms with Crippen molar-refractivity contribution in [3.63, 3.8) is 0 Å². The van der Waals surface area contributed by atoms with Gasteiger partial charge in [-0.3, -0.25) is 4.99 Å². The van der Waals surface area contributed by atoms with E-state index < -0.39 is 0 Å². The maximum Gasteiger partial charge on any atom is 0.191 e. The van der Waals surface area contributed by atoms with Crippen LogP contribution >= 0.6 is 11.3 Å². The molecule has 2 rings (SSSR count). The first-order valence-corrected chi connectivity index (χ1v) is 7.53. The zero-order chi connectivity index (χ0) is 14.0. The van der Waals surface area contributed by atoms with Crippen LogP contribution in [0.1, 0.15) is 50.0 Å². The Balaban J connectivity index is 1.83. The van der Waals surface area contributed by atoms with Crippen LogP contribution < -0.4 is 10.6 Å². The molecule has 0 saturated heterocycles. The molecule has 1 fully saturated rings. The molecule has 1 aliphatic carbocycles. The topological polar surface area (TPSA) is 62.2 Å². The van der Waals surface area contributed by atoms with E-state index in [-0.39, 0.29) is 0 Å². The maximum atomic E-state index is 4.24. The number of hydrogen-bond donors (Lipinski definition) is 2. The summed E-state index contributed by atoms with van der Waals surface area (Å²) in [5.41, 5.74) is 0.394. The molecule has 0 aromatic carbocycles. The quantitative estimate of drug-likeness (QED) is 0.655. The Hall–Kier alpha value is -1.17. The van der Waals surface area contributed by atoms with Crippen molar-refractivity contribution in [1.82, 2.24) is 20.8 Å². The van der Waals surface area contributed by atoms with Gasteiger partial charge in [0.25, 0.3) is 0 Å². The highest BCUT2D eigenvalue weighted by Crippen LogP contribution is 2.44. The lowest BCUT2D eigenvalue weighted by atomic mass is 10.2. The molecule has 2 N–H and O–H groups in total. The van der Waals surface area contributed by atoms with Crippen LogP contribution in [0.25, 0.3) is 0 Å². The molecular formula is C13H23N5S. The summed E-state index contributed by atoms with van der Waals surface area (Å²) < 4.78 is 0. The molecule has 1 aromatic rings. The van der Waals surface area contributed by atoms with Crippen molar-refractivity contribution >= 4 is 17.3 Å². The molecule has 0 radical (unpaired) electrons. The van der Waals surface area contributed by atoms with Gasteiger partial charge in [-0.15, -0.1) is 10.2 Å². The Labute approximate surface area is 118 Å². The molecular weight excluding hydrogens is 258 g/mol. The zero-order valence-electron chi connectivity index (χ0n) is 12.3. The van der Waals surface area contributed by atoms with Gasteiger partial charge in [0, 0.05) is 19.0 Å². The van der Waals surface area contributed by atoms with E-state index in [4.69, 9.17) is 0 Å². The van der Waals surface area contributed by atoms with Crippen molar-refractivity contribution in [2.75, 3.05) is 7.05 Å². The molecule has 0 amide bonds. The summed E-state index contributed by atoms with van der Waals surface area (Å²) in [6.07, 6.45) is 1.20. The number of aromatic nitrogens is 2. The van der Waals surface area contributed by atoms with E-state index >= 15 is 0 Å². The highest BCUT2D eigenvalue weighted by Gasteiger charge is 2.46. The van der Waals surface area contributed by atoms with Gasteiger partial charge in [-0.25, -0.2) is 0 Å². The lowest BCUT2D eigenvalue weighted by Crippen LogP contribution is -2.39. The van der Waals surface area contributed by atoms with Crippen LogP contribution in [-0.4, -0.2) is 29.2 Å². The molecule has 0 spiro atoms. The fourth-order valence-corrected chi connectivity index (χ4v) is 2.59. The standard InChI is InChI=1S/C13H23N5S/c1-8(2)11-18-17-10(19-11)7-15-12(14-5)16-9-6-13(9,3)4/h8-9H,6-7H2,1-5H3,(H2,14,15,16). The molecule has 1 unspecified atom stereocenters. The first-order valence-electron chi connectivity index (χ1n) is 6.72. The Kier molecular flexibility index (Phi) is 4.08. The number of guanidine groups is 1. The Morgan fingerprint density at radius 2 is 2.16 bits per heavy atom. The fraction of sp³-hybridized carbons (Fsp3) is 0.769. The van der Waals surface area contributed by atoms with Gasteiger partial charge in [0.05, 0.1) is 6.54 Å². The molecule has 0 aliphatic heterocycles. The van der Waals surface area contributed by atoms with E-state index in [1.54, 1.807) is 18.4 Å². The maximum absolute atomic E-state index is 4.24. The minimum absolute atomic E-state index is 0.394. The van der Waals surface area contributed by atoms with Crippen molar-refractivity contribution in [3.8, 4) is 0 Å². The second-order valence-electron chi connectivity index (χ2n) is 6.00. The van der Waals surface area contributed by atoms with Gasteiger partial charge < -0.3 is 10.6 Å². The highest BCUT2D eigenvalue weighted by molar-refractivity contribution is 7.11. The summed E-state index contributed by atoms with van der Waals surface area (Å²) in [6, 6.07) is 0.527. The van der Waals surface area contributed by atoms with Gasteiger partial charge in [-0.1, -0.05) is 39.0 Å². The SMILES string of the molecule is CN=C(NCc1nnc(C(C)C)s1)NC1CC1(C)C. The van der Waals surface area contributed by atoms with Crippen molar-refractivity contribution in [3.05, 3.63) is 10.0 Å². The minimum Gasteiger partial charge on any atom is -0.353 e. The normalized spacial score (nSPS) is 21.6. The van der Waals surface area contributed by atoms with Crippen LogP contribution in [0.2, 0.25) is 0 Å². The van der Waals surface area contributed by atoms with Crippen molar-refractivity contribution < 1.29 is 0 Å². The number of rotatable bonds is 4. The molecule has 106 valence electrons. The van der Waals surface area contributed by atoms with Gasteiger partial charge in [0.1, 0.15) is 10.0 Å². The number of nitrogens with zero attached hydrogens (tertiary/aromatic N) is 3. The van der Waals surface area contributed by atoms with E-state index in [1.165, 1.54) is 6.42 Å². The minimum atomic E-state index is 0.394. The van der Waals surface area contributed by atoms with Gasteiger partial charge in [-0.2, -0.15) is 0 Å². The second-order valence-corrected chi connectivity index (χ2v) is 7.10. The summed E-state index contributed by atoms with van der Waals surface area (Å²) in [5.74, 6) is 1.29. The molecule has 1 aromatic heterocycles. The third-order valence-corrected chi connectivity index (χ3v) is 4.66. The molecule has 6 heteroatoms. The first-order chi connectivity index (χ1) is 8.92. The molecule has 19 heavy (non-hydrogen) atoms. The summed E-state index contributed by atoms with van der Waals surface area (Å²) in [6.45, 7) is 9.47. The van der Waals surface area contributed by atoms with Crippen molar-refractivity contribution in [1.29, 1.82) is 0 Å². The molecule has 1 saturated carbocycles. The van der Waals surface area contributed by atoms with Gasteiger partial charge in [0.15, 0.2) is 5.96 Å². The monoisotopic (exact) mass is 281 g/mol. The lowest BCUT2D eigenvalue weighted by Gasteiger charge is -2.11. The third-order valence-electron chi connectivity index (χ3n) is 3.43. The van der Waals surface area contributed by atoms with Crippen LogP contribution in [0.15, 0.2) is 4.99 Å². The molecule has 0 bridgehead atoms. The Morgan fingerprint density at radius 3 is 2.63 bits per heavy atom. The number of aliphatic imine (C=N–C) groups is 1. The van der Waals surface area contributed by atoms with Crippen LogP contribution in [0.4, 0.5) is 0 Å². The Morgan fingerprint density at radius 1 is 1.47 bits per heavy atom. The first kappa shape index (κ1) is 14.2. The van der Waals surface area contributed by atoms with Crippen LogP contribution in [0.5, 0.6) is 0 Å². The third kappa shape index (κ3) is 3.65. The van der Waals surface area contributed by atoms with Crippen LogP contribution in [0.3, 0.4) is 0 Å². The van der Waals surface area contributed by atoms with Crippen LogP contribution in [-0.2, 0) is 6.54 Å². The number of hydrogen-bond acceptors (Lipinski definition) is 4. The average molecular weight is 281 g/mol. The van der Waals surface area contributed by atoms with E-state index in [1.807, 2.05) is 0 Å². The average Bonchev–Trinajstić information content (AvgIpc) is 2.79. The predicted octanol–water partition coefficient (Wildman–Crippen LogP) is 2.12. The smallest absolute Gasteiger partial charge is 0.191 e. The van der Waals surface area contributed by atoms with E-state index in [9.17, 15) is 0 Å². The Bertz CT molecular complexity index is 463. The van der Waals surface area contributed by atoms with E-state index in [0.29, 0.717) is 23.9 Å². The van der Waals surface area contributed by atoms with E-state index in [2.05, 4.69) is 53.5 Å².